The van der Waals surface area contributed by atoms with E-state index in [0.29, 0.717) is 48.7 Å². The van der Waals surface area contributed by atoms with Gasteiger partial charge in [-0.1, -0.05) is 18.4 Å². The molecule has 0 spiro atoms. The number of hydrogen-bond acceptors (Lipinski definition) is 8. The van der Waals surface area contributed by atoms with Crippen LogP contribution in [0.15, 0.2) is 30.5 Å². The minimum Gasteiger partial charge on any atom is -0.508 e. The lowest BCUT2D eigenvalue weighted by Crippen LogP contribution is -2.50. The van der Waals surface area contributed by atoms with Gasteiger partial charge in [0, 0.05) is 48.1 Å². The minimum atomic E-state index is -0.745. The third kappa shape index (κ3) is 5.15. The van der Waals surface area contributed by atoms with Crippen molar-refractivity contribution in [2.24, 2.45) is 11.3 Å². The number of likely N-dealkylation sites (tertiary alicyclic amines) is 1. The van der Waals surface area contributed by atoms with Crippen LogP contribution in [0.25, 0.3) is 32.9 Å². The number of nitriles is 1. The fourth-order valence-corrected chi connectivity index (χ4v) is 8.21. The van der Waals surface area contributed by atoms with Crippen LogP contribution >= 0.6 is 0 Å². The first-order valence-electron chi connectivity index (χ1n) is 16.1. The van der Waals surface area contributed by atoms with E-state index in [9.17, 15) is 14.8 Å². The van der Waals surface area contributed by atoms with Crippen LogP contribution in [0.5, 0.6) is 11.8 Å². The van der Waals surface area contributed by atoms with Crippen LogP contribution in [0.1, 0.15) is 56.9 Å². The molecule has 1 aliphatic carbocycles. The molecule has 1 unspecified atom stereocenters. The van der Waals surface area contributed by atoms with Crippen LogP contribution in [0, 0.1) is 46.6 Å². The Labute approximate surface area is 267 Å². The van der Waals surface area contributed by atoms with Crippen LogP contribution < -0.4 is 9.64 Å². The average molecular weight is 623 g/mol. The highest BCUT2D eigenvalue weighted by Gasteiger charge is 2.47. The fraction of sp³-hybridized carbons (Fsp3) is 0.444. The Morgan fingerprint density at radius 1 is 1.13 bits per heavy atom. The Morgan fingerprint density at radius 3 is 2.80 bits per heavy atom. The van der Waals surface area contributed by atoms with Crippen LogP contribution in [0.4, 0.5) is 14.6 Å². The fourth-order valence-electron chi connectivity index (χ4n) is 8.21. The molecule has 46 heavy (non-hydrogen) atoms. The number of ether oxygens (including phenoxy) is 1. The number of phenols is 1. The number of anilines is 1. The lowest BCUT2D eigenvalue weighted by atomic mass is 9.76. The predicted octanol–water partition coefficient (Wildman–Crippen LogP) is 6.58. The summed E-state index contributed by atoms with van der Waals surface area (Å²) in [4.78, 5) is 18.5. The topological polar surface area (TPSA) is 98.4 Å². The van der Waals surface area contributed by atoms with Crippen LogP contribution in [-0.4, -0.2) is 64.3 Å². The number of nitrogens with zero attached hydrogens (tertiary/aromatic N) is 6. The molecule has 2 aromatic heterocycles. The lowest BCUT2D eigenvalue weighted by Gasteiger charge is -2.44. The molecule has 0 amide bonds. The quantitative estimate of drug-likeness (QED) is 0.241. The predicted molar refractivity (Wildman–Crippen MR) is 172 cm³/mol. The number of phenolic OH excluding ortho intramolecular Hbond substituents is 1. The number of pyridine rings is 1. The van der Waals surface area contributed by atoms with Gasteiger partial charge in [-0.05, 0) is 81.6 Å². The summed E-state index contributed by atoms with van der Waals surface area (Å²) < 4.78 is 38.1. The van der Waals surface area contributed by atoms with E-state index in [0.717, 1.165) is 51.5 Å². The van der Waals surface area contributed by atoms with E-state index in [1.807, 2.05) is 0 Å². The van der Waals surface area contributed by atoms with Crippen molar-refractivity contribution in [1.82, 2.24) is 19.9 Å². The first kappa shape index (κ1) is 30.1. The van der Waals surface area contributed by atoms with Crippen molar-refractivity contribution < 1.29 is 18.6 Å². The Balaban J connectivity index is 1.37. The summed E-state index contributed by atoms with van der Waals surface area (Å²) in [6.07, 6.45) is 14.9. The zero-order valence-electron chi connectivity index (χ0n) is 25.9. The Morgan fingerprint density at radius 2 is 1.98 bits per heavy atom. The van der Waals surface area contributed by atoms with E-state index in [1.165, 1.54) is 30.5 Å². The summed E-state index contributed by atoms with van der Waals surface area (Å²) in [7, 11) is 2.18. The zero-order chi connectivity index (χ0) is 32.0. The van der Waals surface area contributed by atoms with Crippen molar-refractivity contribution in [1.29, 1.82) is 5.26 Å². The Hall–Kier alpha value is -4.54. The molecule has 4 aromatic rings. The molecule has 2 saturated heterocycles. The second-order valence-corrected chi connectivity index (χ2v) is 13.1. The van der Waals surface area contributed by atoms with Gasteiger partial charge in [0.25, 0.3) is 0 Å². The highest BCUT2D eigenvalue weighted by atomic mass is 19.1. The highest BCUT2D eigenvalue weighted by molar-refractivity contribution is 6.03. The second kappa shape index (κ2) is 12.0. The summed E-state index contributed by atoms with van der Waals surface area (Å²) >= 11 is 0. The number of aromatic nitrogens is 3. The molecule has 2 aliphatic heterocycles. The summed E-state index contributed by atoms with van der Waals surface area (Å²) in [5.74, 6) is 1.55. The zero-order valence-corrected chi connectivity index (χ0v) is 25.9. The van der Waals surface area contributed by atoms with Crippen LogP contribution in [0.3, 0.4) is 0 Å². The molecule has 3 atom stereocenters. The van der Waals surface area contributed by atoms with Gasteiger partial charge in [0.05, 0.1) is 23.6 Å². The summed E-state index contributed by atoms with van der Waals surface area (Å²) in [5, 5.41) is 21.1. The van der Waals surface area contributed by atoms with Gasteiger partial charge in [-0.15, -0.1) is 6.42 Å². The number of piperidine rings is 2. The van der Waals surface area contributed by atoms with E-state index < -0.39 is 11.6 Å². The third-order valence-electron chi connectivity index (χ3n) is 10.4. The SMILES string of the molecule is C#Cc1c(F)ccc2cc(O)cc(-c3ncc4c(N5CCCC(CC#N)C5)nc(OC[C@]56CCC[C@H]5N(C)CCC6)nc4c3F)c12. The number of rotatable bonds is 6. The summed E-state index contributed by atoms with van der Waals surface area (Å²) in [5.41, 5.74) is 0.0154. The first-order chi connectivity index (χ1) is 22.3. The minimum absolute atomic E-state index is 0.00732. The number of terminal acetylenes is 1. The number of aromatic hydroxyl groups is 1. The molecule has 1 N–H and O–H groups in total. The Bertz CT molecular complexity index is 1920. The van der Waals surface area contributed by atoms with Crippen molar-refractivity contribution in [2.45, 2.75) is 57.4 Å². The van der Waals surface area contributed by atoms with Gasteiger partial charge in [0.2, 0.25) is 0 Å². The molecule has 2 aromatic carbocycles. The number of hydrogen-bond donors (Lipinski definition) is 1. The van der Waals surface area contributed by atoms with Gasteiger partial charge in [-0.25, -0.2) is 8.78 Å². The molecule has 10 heteroatoms. The molecular weight excluding hydrogens is 586 g/mol. The van der Waals surface area contributed by atoms with E-state index in [1.54, 1.807) is 0 Å². The van der Waals surface area contributed by atoms with Crippen molar-refractivity contribution >= 4 is 27.5 Å². The molecule has 7 rings (SSSR count). The molecule has 236 valence electrons. The number of fused-ring (bicyclic) bond motifs is 3. The maximum absolute atomic E-state index is 16.8. The molecule has 3 aliphatic rings. The van der Waals surface area contributed by atoms with Crippen molar-refractivity contribution in [3.8, 4) is 41.4 Å². The van der Waals surface area contributed by atoms with Crippen molar-refractivity contribution in [3.05, 3.63) is 47.7 Å². The van der Waals surface area contributed by atoms with Crippen LogP contribution in [-0.2, 0) is 0 Å². The normalized spacial score (nSPS) is 23.3. The standard InChI is InChI=1S/C36H36F2N6O2/c1-3-25-28(37)10-9-23-17-24(45)18-26(30(23)25)32-31(38)33-27(19-40-32)34(44-16-5-7-22(20-44)11-14-39)42-35(41-33)46-21-36-12-4-8-29(36)43(2)15-6-13-36/h1,9-10,17-19,22,29,45H,4-8,11-13,15-16,20-21H2,2H3/t22?,29-,36-/m1/s1. The van der Waals surface area contributed by atoms with E-state index >= 15 is 4.39 Å². The molecule has 0 radical (unpaired) electrons. The van der Waals surface area contributed by atoms with E-state index in [4.69, 9.17) is 16.1 Å². The lowest BCUT2D eigenvalue weighted by molar-refractivity contribution is 0.0133. The van der Waals surface area contributed by atoms with Gasteiger partial charge in [0.15, 0.2) is 5.82 Å². The van der Waals surface area contributed by atoms with Crippen LogP contribution in [0.2, 0.25) is 0 Å². The largest absolute Gasteiger partial charge is 0.508 e. The molecular formula is C36H36F2N6O2. The second-order valence-electron chi connectivity index (χ2n) is 13.1. The van der Waals surface area contributed by atoms with Gasteiger partial charge < -0.3 is 19.6 Å². The Kier molecular flexibility index (Phi) is 7.86. The molecule has 0 bridgehead atoms. The molecule has 8 nitrogen and oxygen atoms in total. The summed E-state index contributed by atoms with van der Waals surface area (Å²) in [6, 6.07) is 8.31. The van der Waals surface area contributed by atoms with E-state index in [2.05, 4.69) is 38.8 Å². The van der Waals surface area contributed by atoms with Gasteiger partial charge in [0.1, 0.15) is 28.6 Å². The average Bonchev–Trinajstić information content (AvgIpc) is 3.50. The van der Waals surface area contributed by atoms with E-state index in [-0.39, 0.29) is 50.8 Å². The first-order valence-corrected chi connectivity index (χ1v) is 16.1. The smallest absolute Gasteiger partial charge is 0.319 e. The molecule has 1 saturated carbocycles. The van der Waals surface area contributed by atoms with Gasteiger partial charge in [-0.2, -0.15) is 15.2 Å². The molecule has 4 heterocycles. The number of benzene rings is 2. The van der Waals surface area contributed by atoms with Gasteiger partial charge >= 0.3 is 6.01 Å². The highest BCUT2D eigenvalue weighted by Crippen LogP contribution is 2.47. The maximum Gasteiger partial charge on any atom is 0.319 e. The monoisotopic (exact) mass is 622 g/mol. The number of halogens is 2. The maximum atomic E-state index is 16.8. The van der Waals surface area contributed by atoms with Crippen molar-refractivity contribution in [3.63, 3.8) is 0 Å². The summed E-state index contributed by atoms with van der Waals surface area (Å²) in [6.45, 7) is 2.79. The third-order valence-corrected chi connectivity index (χ3v) is 10.4. The van der Waals surface area contributed by atoms with Gasteiger partial charge in [-0.3, -0.25) is 4.98 Å². The molecule has 3 fully saturated rings. The van der Waals surface area contributed by atoms with Crippen molar-refractivity contribution in [2.75, 3.05) is 38.2 Å².